The van der Waals surface area contributed by atoms with Crippen LogP contribution in [0.4, 0.5) is 0 Å². The predicted molar refractivity (Wildman–Crippen MR) is 83.2 cm³/mol. The van der Waals surface area contributed by atoms with Crippen LogP contribution in [-0.2, 0) is 16.0 Å². The maximum atomic E-state index is 12.2. The first-order valence-corrected chi connectivity index (χ1v) is 7.74. The van der Waals surface area contributed by atoms with Crippen molar-refractivity contribution in [1.82, 2.24) is 4.90 Å². The number of ether oxygens (including phenoxy) is 1. The number of carboxylic acids is 1. The SMILES string of the molecule is CCc1cc(C(CC(=O)N2CCCC2)C(=O)O)ccc1OC. The van der Waals surface area contributed by atoms with Crippen LogP contribution in [0.1, 0.15) is 43.2 Å². The van der Waals surface area contributed by atoms with Gasteiger partial charge in [-0.2, -0.15) is 0 Å². The molecule has 1 N–H and O–H groups in total. The molecule has 1 aliphatic heterocycles. The number of methoxy groups -OCH3 is 1. The average molecular weight is 305 g/mol. The topological polar surface area (TPSA) is 66.8 Å². The summed E-state index contributed by atoms with van der Waals surface area (Å²) in [7, 11) is 1.60. The molecule has 22 heavy (non-hydrogen) atoms. The van der Waals surface area contributed by atoms with E-state index >= 15 is 0 Å². The lowest BCUT2D eigenvalue weighted by molar-refractivity contribution is -0.142. The van der Waals surface area contributed by atoms with Gasteiger partial charge in [-0.25, -0.2) is 0 Å². The molecular weight excluding hydrogens is 282 g/mol. The maximum absolute atomic E-state index is 12.2. The number of aliphatic carboxylic acids is 1. The van der Waals surface area contributed by atoms with Crippen LogP contribution in [0.15, 0.2) is 18.2 Å². The molecule has 2 rings (SSSR count). The molecule has 1 aliphatic rings. The van der Waals surface area contributed by atoms with Crippen LogP contribution in [0.5, 0.6) is 5.75 Å². The number of carboxylic acid groups (broad SMARTS) is 1. The van der Waals surface area contributed by atoms with E-state index in [1.54, 1.807) is 24.1 Å². The molecule has 0 bridgehead atoms. The molecule has 1 heterocycles. The fourth-order valence-electron chi connectivity index (χ4n) is 2.91. The highest BCUT2D eigenvalue weighted by molar-refractivity contribution is 5.86. The van der Waals surface area contributed by atoms with E-state index in [-0.39, 0.29) is 12.3 Å². The van der Waals surface area contributed by atoms with Crippen LogP contribution < -0.4 is 4.74 Å². The lowest BCUT2D eigenvalue weighted by atomic mass is 9.93. The van der Waals surface area contributed by atoms with Gasteiger partial charge in [-0.3, -0.25) is 9.59 Å². The third-order valence-electron chi connectivity index (χ3n) is 4.22. The van der Waals surface area contributed by atoms with Gasteiger partial charge < -0.3 is 14.7 Å². The normalized spacial score (nSPS) is 15.6. The molecular formula is C17H23NO4. The molecule has 1 unspecified atom stereocenters. The molecule has 1 aromatic rings. The van der Waals surface area contributed by atoms with Crippen molar-refractivity contribution >= 4 is 11.9 Å². The lowest BCUT2D eigenvalue weighted by Crippen LogP contribution is -2.30. The number of hydrogen-bond acceptors (Lipinski definition) is 3. The molecule has 0 spiro atoms. The van der Waals surface area contributed by atoms with E-state index in [0.717, 1.165) is 43.7 Å². The zero-order valence-corrected chi connectivity index (χ0v) is 13.2. The fraction of sp³-hybridized carbons (Fsp3) is 0.529. The largest absolute Gasteiger partial charge is 0.496 e. The number of carbonyl (C=O) groups is 2. The molecule has 5 nitrogen and oxygen atoms in total. The van der Waals surface area contributed by atoms with Crippen LogP contribution >= 0.6 is 0 Å². The maximum Gasteiger partial charge on any atom is 0.311 e. The Morgan fingerprint density at radius 1 is 1.32 bits per heavy atom. The van der Waals surface area contributed by atoms with E-state index in [1.165, 1.54) is 0 Å². The van der Waals surface area contributed by atoms with Gasteiger partial charge in [0.25, 0.3) is 0 Å². The first kappa shape index (κ1) is 16.3. The Balaban J connectivity index is 2.20. The van der Waals surface area contributed by atoms with Crippen molar-refractivity contribution in [2.75, 3.05) is 20.2 Å². The summed E-state index contributed by atoms with van der Waals surface area (Å²) < 4.78 is 5.27. The summed E-state index contributed by atoms with van der Waals surface area (Å²) in [6, 6.07) is 5.37. The summed E-state index contributed by atoms with van der Waals surface area (Å²) in [6.45, 7) is 3.48. The number of amides is 1. The summed E-state index contributed by atoms with van der Waals surface area (Å²) in [5, 5.41) is 9.51. The van der Waals surface area contributed by atoms with Gasteiger partial charge in [0.1, 0.15) is 5.75 Å². The van der Waals surface area contributed by atoms with Crippen molar-refractivity contribution in [1.29, 1.82) is 0 Å². The molecule has 120 valence electrons. The molecule has 1 aromatic carbocycles. The summed E-state index contributed by atoms with van der Waals surface area (Å²) in [6.07, 6.45) is 2.78. The number of hydrogen-bond donors (Lipinski definition) is 1. The van der Waals surface area contributed by atoms with E-state index in [0.29, 0.717) is 5.56 Å². The van der Waals surface area contributed by atoms with Crippen LogP contribution in [0.2, 0.25) is 0 Å². The minimum Gasteiger partial charge on any atom is -0.496 e. The lowest BCUT2D eigenvalue weighted by Gasteiger charge is -2.19. The predicted octanol–water partition coefficient (Wildman–Crippen LogP) is 2.44. The van der Waals surface area contributed by atoms with Gasteiger partial charge in [0.15, 0.2) is 0 Å². The molecule has 1 amide bonds. The fourth-order valence-corrected chi connectivity index (χ4v) is 2.91. The molecule has 1 atom stereocenters. The quantitative estimate of drug-likeness (QED) is 0.876. The highest BCUT2D eigenvalue weighted by Crippen LogP contribution is 2.28. The number of carbonyl (C=O) groups excluding carboxylic acids is 1. The molecule has 1 saturated heterocycles. The van der Waals surface area contributed by atoms with E-state index in [2.05, 4.69) is 0 Å². The molecule has 0 aliphatic carbocycles. The van der Waals surface area contributed by atoms with E-state index < -0.39 is 11.9 Å². The zero-order chi connectivity index (χ0) is 16.1. The van der Waals surface area contributed by atoms with E-state index in [1.807, 2.05) is 13.0 Å². The minimum absolute atomic E-state index is 0.0187. The van der Waals surface area contributed by atoms with Crippen LogP contribution in [-0.4, -0.2) is 42.1 Å². The standard InChI is InChI=1S/C17H23NO4/c1-3-12-10-13(6-7-15(12)22-2)14(17(20)21)11-16(19)18-8-4-5-9-18/h6-7,10,14H,3-5,8-9,11H2,1-2H3,(H,20,21). The van der Waals surface area contributed by atoms with Crippen molar-refractivity contribution in [2.24, 2.45) is 0 Å². The third kappa shape index (κ3) is 3.59. The van der Waals surface area contributed by atoms with Crippen molar-refractivity contribution < 1.29 is 19.4 Å². The highest BCUT2D eigenvalue weighted by atomic mass is 16.5. The van der Waals surface area contributed by atoms with Crippen LogP contribution in [0.3, 0.4) is 0 Å². The first-order valence-electron chi connectivity index (χ1n) is 7.74. The highest BCUT2D eigenvalue weighted by Gasteiger charge is 2.27. The van der Waals surface area contributed by atoms with E-state index in [9.17, 15) is 14.7 Å². The van der Waals surface area contributed by atoms with Crippen molar-refractivity contribution in [3.8, 4) is 5.75 Å². The van der Waals surface area contributed by atoms with Gasteiger partial charge >= 0.3 is 5.97 Å². The van der Waals surface area contributed by atoms with Crippen molar-refractivity contribution in [3.63, 3.8) is 0 Å². The number of likely N-dealkylation sites (tertiary alicyclic amines) is 1. The van der Waals surface area contributed by atoms with Gasteiger partial charge in [-0.05, 0) is 36.5 Å². The second kappa shape index (κ2) is 7.29. The van der Waals surface area contributed by atoms with Crippen molar-refractivity contribution in [2.45, 2.75) is 38.5 Å². The summed E-state index contributed by atoms with van der Waals surface area (Å²) in [4.78, 5) is 25.6. The summed E-state index contributed by atoms with van der Waals surface area (Å²) >= 11 is 0. The van der Waals surface area contributed by atoms with Crippen LogP contribution in [0, 0.1) is 0 Å². The van der Waals surface area contributed by atoms with Gasteiger partial charge in [0.05, 0.1) is 13.0 Å². The van der Waals surface area contributed by atoms with Gasteiger partial charge in [-0.15, -0.1) is 0 Å². The first-order chi connectivity index (χ1) is 10.6. The molecule has 0 saturated carbocycles. The minimum atomic E-state index is -0.959. The number of nitrogens with zero attached hydrogens (tertiary/aromatic N) is 1. The number of rotatable bonds is 6. The molecule has 5 heteroatoms. The van der Waals surface area contributed by atoms with Crippen LogP contribution in [0.25, 0.3) is 0 Å². The Morgan fingerprint density at radius 2 is 2.00 bits per heavy atom. The van der Waals surface area contributed by atoms with Gasteiger partial charge in [0.2, 0.25) is 5.91 Å². The van der Waals surface area contributed by atoms with E-state index in [4.69, 9.17) is 4.74 Å². The van der Waals surface area contributed by atoms with Crippen molar-refractivity contribution in [3.05, 3.63) is 29.3 Å². The third-order valence-corrected chi connectivity index (χ3v) is 4.22. The molecule has 0 radical (unpaired) electrons. The van der Waals surface area contributed by atoms with Gasteiger partial charge in [0, 0.05) is 19.5 Å². The summed E-state index contributed by atoms with van der Waals surface area (Å²) in [5.41, 5.74) is 1.62. The Hall–Kier alpha value is -2.04. The Kier molecular flexibility index (Phi) is 5.41. The Bertz CT molecular complexity index is 550. The Labute approximate surface area is 130 Å². The second-order valence-corrected chi connectivity index (χ2v) is 5.61. The summed E-state index contributed by atoms with van der Waals surface area (Å²) in [5.74, 6) is -1.08. The second-order valence-electron chi connectivity index (χ2n) is 5.61. The zero-order valence-electron chi connectivity index (χ0n) is 13.2. The molecule has 0 aromatic heterocycles. The molecule has 1 fully saturated rings. The smallest absolute Gasteiger partial charge is 0.311 e. The number of benzene rings is 1. The number of aryl methyl sites for hydroxylation is 1. The average Bonchev–Trinajstić information content (AvgIpc) is 3.05. The monoisotopic (exact) mass is 305 g/mol. The van der Waals surface area contributed by atoms with Gasteiger partial charge in [-0.1, -0.05) is 19.1 Å². The Morgan fingerprint density at radius 3 is 2.55 bits per heavy atom.